The van der Waals surface area contributed by atoms with Crippen molar-refractivity contribution in [3.63, 3.8) is 0 Å². The van der Waals surface area contributed by atoms with E-state index in [9.17, 15) is 13.6 Å². The van der Waals surface area contributed by atoms with Gasteiger partial charge < -0.3 is 14.2 Å². The summed E-state index contributed by atoms with van der Waals surface area (Å²) >= 11 is 3.34. The summed E-state index contributed by atoms with van der Waals surface area (Å²) in [4.78, 5) is 11.8. The predicted molar refractivity (Wildman–Crippen MR) is 92.6 cm³/mol. The molecule has 0 aromatic heterocycles. The van der Waals surface area contributed by atoms with Gasteiger partial charge in [-0.2, -0.15) is 8.78 Å². The van der Waals surface area contributed by atoms with Gasteiger partial charge in [-0.15, -0.1) is 0 Å². The highest BCUT2D eigenvalue weighted by Crippen LogP contribution is 2.29. The first kappa shape index (κ1) is 18.9. The Morgan fingerprint density at radius 2 is 2.00 bits per heavy atom. The van der Waals surface area contributed by atoms with Crippen molar-refractivity contribution in [2.45, 2.75) is 13.2 Å². The van der Waals surface area contributed by atoms with Crippen LogP contribution in [0.5, 0.6) is 11.5 Å². The highest BCUT2D eigenvalue weighted by molar-refractivity contribution is 9.10. The zero-order chi connectivity index (χ0) is 18.2. The third-order valence-corrected chi connectivity index (χ3v) is 3.58. The van der Waals surface area contributed by atoms with Crippen molar-refractivity contribution >= 4 is 28.0 Å². The molecule has 0 aliphatic rings. The van der Waals surface area contributed by atoms with Gasteiger partial charge in [-0.05, 0) is 41.5 Å². The maximum Gasteiger partial charge on any atom is 0.387 e. The topological polar surface area (TPSA) is 44.8 Å². The number of carbonyl (C=O) groups excluding carboxylic acids is 1. The summed E-state index contributed by atoms with van der Waals surface area (Å²) in [5.74, 6) is -0.455. The largest absolute Gasteiger partial charge is 0.493 e. The number of carbonyl (C=O) groups is 1. The third kappa shape index (κ3) is 6.19. The molecule has 132 valence electrons. The molecule has 0 saturated heterocycles. The SMILES string of the molecule is COc1cc(/C=C/C(=O)OCc2cccc(Br)c2)ccc1OC(F)F. The maximum atomic E-state index is 12.3. The molecule has 0 unspecified atom stereocenters. The summed E-state index contributed by atoms with van der Waals surface area (Å²) in [6, 6.07) is 11.8. The van der Waals surface area contributed by atoms with Crippen molar-refractivity contribution in [1.29, 1.82) is 0 Å². The summed E-state index contributed by atoms with van der Waals surface area (Å²) in [5.41, 5.74) is 1.43. The van der Waals surface area contributed by atoms with Crippen molar-refractivity contribution in [3.05, 3.63) is 64.1 Å². The average Bonchev–Trinajstić information content (AvgIpc) is 2.58. The Morgan fingerprint density at radius 1 is 1.20 bits per heavy atom. The minimum Gasteiger partial charge on any atom is -0.493 e. The number of hydrogen-bond donors (Lipinski definition) is 0. The molecule has 25 heavy (non-hydrogen) atoms. The molecular formula is C18H15BrF2O4. The molecule has 0 amide bonds. The smallest absolute Gasteiger partial charge is 0.387 e. The zero-order valence-electron chi connectivity index (χ0n) is 13.2. The van der Waals surface area contributed by atoms with Gasteiger partial charge in [-0.25, -0.2) is 4.79 Å². The fraction of sp³-hybridized carbons (Fsp3) is 0.167. The molecule has 2 aromatic carbocycles. The highest BCUT2D eigenvalue weighted by Gasteiger charge is 2.10. The zero-order valence-corrected chi connectivity index (χ0v) is 14.8. The molecule has 7 heteroatoms. The first-order valence-corrected chi connectivity index (χ1v) is 7.99. The van der Waals surface area contributed by atoms with Gasteiger partial charge in [0.2, 0.25) is 0 Å². The summed E-state index contributed by atoms with van der Waals surface area (Å²) in [5, 5.41) is 0. The number of rotatable bonds is 7. The van der Waals surface area contributed by atoms with E-state index in [-0.39, 0.29) is 18.1 Å². The molecule has 0 N–H and O–H groups in total. The Morgan fingerprint density at radius 3 is 2.68 bits per heavy atom. The molecule has 4 nitrogen and oxygen atoms in total. The number of alkyl halides is 2. The number of hydrogen-bond acceptors (Lipinski definition) is 4. The van der Waals surface area contributed by atoms with Crippen LogP contribution < -0.4 is 9.47 Å². The normalized spacial score (nSPS) is 10.9. The second kappa shape index (κ2) is 9.17. The molecule has 0 aliphatic heterocycles. The van der Waals surface area contributed by atoms with Crippen LogP contribution >= 0.6 is 15.9 Å². The number of ether oxygens (including phenoxy) is 3. The monoisotopic (exact) mass is 412 g/mol. The minimum atomic E-state index is -2.94. The number of halogens is 3. The highest BCUT2D eigenvalue weighted by atomic mass is 79.9. The van der Waals surface area contributed by atoms with Crippen molar-refractivity contribution < 1.29 is 27.8 Å². The molecule has 0 saturated carbocycles. The van der Waals surface area contributed by atoms with E-state index in [0.717, 1.165) is 10.0 Å². The summed E-state index contributed by atoms with van der Waals surface area (Å²) < 4.78 is 39.9. The third-order valence-electron chi connectivity index (χ3n) is 3.09. The first-order chi connectivity index (χ1) is 12.0. The number of esters is 1. The van der Waals surface area contributed by atoms with E-state index in [1.165, 1.54) is 37.5 Å². The van der Waals surface area contributed by atoms with E-state index < -0.39 is 12.6 Å². The van der Waals surface area contributed by atoms with Gasteiger partial charge in [0, 0.05) is 10.5 Å². The average molecular weight is 413 g/mol. The van der Waals surface area contributed by atoms with E-state index in [1.807, 2.05) is 24.3 Å². The van der Waals surface area contributed by atoms with Crippen LogP contribution in [0.15, 0.2) is 53.0 Å². The van der Waals surface area contributed by atoms with Crippen molar-refractivity contribution in [1.82, 2.24) is 0 Å². The molecule has 2 rings (SSSR count). The van der Waals surface area contributed by atoms with Gasteiger partial charge in [0.1, 0.15) is 6.61 Å². The molecule has 0 atom stereocenters. The van der Waals surface area contributed by atoms with Gasteiger partial charge >= 0.3 is 12.6 Å². The summed E-state index contributed by atoms with van der Waals surface area (Å²) in [6.07, 6.45) is 2.75. The van der Waals surface area contributed by atoms with Gasteiger partial charge in [0.05, 0.1) is 7.11 Å². The lowest BCUT2D eigenvalue weighted by Gasteiger charge is -2.10. The van der Waals surface area contributed by atoms with Crippen molar-refractivity contribution in [2.75, 3.05) is 7.11 Å². The lowest BCUT2D eigenvalue weighted by Crippen LogP contribution is -2.03. The van der Waals surface area contributed by atoms with Crippen LogP contribution in [0.3, 0.4) is 0 Å². The Balaban J connectivity index is 1.97. The van der Waals surface area contributed by atoms with E-state index in [2.05, 4.69) is 20.7 Å². The van der Waals surface area contributed by atoms with Crippen LogP contribution in [0.4, 0.5) is 8.78 Å². The molecule has 0 heterocycles. The molecular weight excluding hydrogens is 398 g/mol. The van der Waals surface area contributed by atoms with E-state index in [4.69, 9.17) is 9.47 Å². The van der Waals surface area contributed by atoms with Crippen LogP contribution in [0.1, 0.15) is 11.1 Å². The van der Waals surface area contributed by atoms with E-state index in [1.54, 1.807) is 0 Å². The minimum absolute atomic E-state index is 0.0770. The first-order valence-electron chi connectivity index (χ1n) is 7.20. The molecule has 0 aliphatic carbocycles. The predicted octanol–water partition coefficient (Wildman–Crippen LogP) is 4.82. The molecule has 0 fully saturated rings. The summed E-state index contributed by atoms with van der Waals surface area (Å²) in [6.45, 7) is -2.80. The number of benzene rings is 2. The van der Waals surface area contributed by atoms with E-state index >= 15 is 0 Å². The van der Waals surface area contributed by atoms with Gasteiger partial charge in [0.15, 0.2) is 11.5 Å². The van der Waals surface area contributed by atoms with Crippen LogP contribution in [0, 0.1) is 0 Å². The Labute approximate surface area is 152 Å². The van der Waals surface area contributed by atoms with Crippen LogP contribution in [-0.4, -0.2) is 19.7 Å². The van der Waals surface area contributed by atoms with Crippen molar-refractivity contribution in [3.8, 4) is 11.5 Å². The Hall–Kier alpha value is -2.41. The quantitative estimate of drug-likeness (QED) is 0.483. The Kier molecular flexibility index (Phi) is 6.94. The Bertz CT molecular complexity index is 762. The molecule has 0 bridgehead atoms. The molecule has 0 radical (unpaired) electrons. The molecule has 2 aromatic rings. The fourth-order valence-electron chi connectivity index (χ4n) is 1.97. The van der Waals surface area contributed by atoms with Crippen LogP contribution in [0.25, 0.3) is 6.08 Å². The van der Waals surface area contributed by atoms with Crippen molar-refractivity contribution in [2.24, 2.45) is 0 Å². The second-order valence-corrected chi connectivity index (χ2v) is 5.78. The lowest BCUT2D eigenvalue weighted by atomic mass is 10.2. The fourth-order valence-corrected chi connectivity index (χ4v) is 2.42. The maximum absolute atomic E-state index is 12.3. The standard InChI is InChI=1S/C18H15BrF2O4/c1-23-16-10-12(5-7-15(16)25-18(20)21)6-8-17(22)24-11-13-3-2-4-14(19)9-13/h2-10,18H,11H2,1H3/b8-6+. The molecule has 0 spiro atoms. The van der Waals surface area contributed by atoms with Gasteiger partial charge in [-0.1, -0.05) is 34.1 Å². The van der Waals surface area contributed by atoms with Crippen LogP contribution in [-0.2, 0) is 16.1 Å². The van der Waals surface area contributed by atoms with Gasteiger partial charge in [-0.3, -0.25) is 0 Å². The summed E-state index contributed by atoms with van der Waals surface area (Å²) in [7, 11) is 1.34. The number of methoxy groups -OCH3 is 1. The second-order valence-electron chi connectivity index (χ2n) is 4.86. The van der Waals surface area contributed by atoms with Gasteiger partial charge in [0.25, 0.3) is 0 Å². The van der Waals surface area contributed by atoms with E-state index in [0.29, 0.717) is 5.56 Å². The lowest BCUT2D eigenvalue weighted by molar-refractivity contribution is -0.138. The van der Waals surface area contributed by atoms with Crippen LogP contribution in [0.2, 0.25) is 0 Å².